The van der Waals surface area contributed by atoms with Gasteiger partial charge in [0.1, 0.15) is 0 Å². The average molecular weight is 207 g/mol. The van der Waals surface area contributed by atoms with Gasteiger partial charge in [-0.3, -0.25) is 4.98 Å². The SMILES string of the molecule is CCNC(Cc1cccnc1)CN(C)C. The summed E-state index contributed by atoms with van der Waals surface area (Å²) in [6.07, 6.45) is 4.80. The van der Waals surface area contributed by atoms with Crippen molar-refractivity contribution in [3.05, 3.63) is 30.1 Å². The number of aromatic nitrogens is 1. The van der Waals surface area contributed by atoms with Crippen molar-refractivity contribution < 1.29 is 0 Å². The van der Waals surface area contributed by atoms with Gasteiger partial charge in [0.15, 0.2) is 0 Å². The number of rotatable bonds is 6. The lowest BCUT2D eigenvalue weighted by atomic mass is 10.1. The Labute approximate surface area is 92.5 Å². The Morgan fingerprint density at radius 2 is 2.27 bits per heavy atom. The number of pyridine rings is 1. The van der Waals surface area contributed by atoms with Crippen LogP contribution < -0.4 is 5.32 Å². The van der Waals surface area contributed by atoms with Crippen LogP contribution in [0.5, 0.6) is 0 Å². The third-order valence-corrected chi connectivity index (χ3v) is 2.28. The summed E-state index contributed by atoms with van der Waals surface area (Å²) >= 11 is 0. The lowest BCUT2D eigenvalue weighted by Crippen LogP contribution is -2.39. The molecule has 3 heteroatoms. The van der Waals surface area contributed by atoms with Crippen molar-refractivity contribution in [2.24, 2.45) is 0 Å². The van der Waals surface area contributed by atoms with Crippen LogP contribution in [0.1, 0.15) is 12.5 Å². The van der Waals surface area contributed by atoms with Gasteiger partial charge < -0.3 is 10.2 Å². The number of nitrogens with one attached hydrogen (secondary N) is 1. The van der Waals surface area contributed by atoms with Crippen molar-refractivity contribution in [3.8, 4) is 0 Å². The van der Waals surface area contributed by atoms with E-state index >= 15 is 0 Å². The first-order valence-corrected chi connectivity index (χ1v) is 5.49. The molecule has 1 aromatic heterocycles. The summed E-state index contributed by atoms with van der Waals surface area (Å²) in [7, 11) is 4.21. The number of hydrogen-bond acceptors (Lipinski definition) is 3. The van der Waals surface area contributed by atoms with Gasteiger partial charge in [-0.25, -0.2) is 0 Å². The van der Waals surface area contributed by atoms with Gasteiger partial charge in [-0.05, 0) is 38.7 Å². The molecule has 1 N–H and O–H groups in total. The van der Waals surface area contributed by atoms with Crippen molar-refractivity contribution in [3.63, 3.8) is 0 Å². The fourth-order valence-electron chi connectivity index (χ4n) is 1.73. The lowest BCUT2D eigenvalue weighted by molar-refractivity contribution is 0.339. The molecule has 0 spiro atoms. The standard InChI is InChI=1S/C12H21N3/c1-4-14-12(10-15(2)3)8-11-6-5-7-13-9-11/h5-7,9,12,14H,4,8,10H2,1-3H3. The highest BCUT2D eigenvalue weighted by atomic mass is 15.1. The molecule has 84 valence electrons. The minimum atomic E-state index is 0.509. The fraction of sp³-hybridized carbons (Fsp3) is 0.583. The Kier molecular flexibility index (Phi) is 5.29. The Morgan fingerprint density at radius 1 is 1.47 bits per heavy atom. The van der Waals surface area contributed by atoms with Crippen molar-refractivity contribution in [1.82, 2.24) is 15.2 Å². The van der Waals surface area contributed by atoms with Gasteiger partial charge in [-0.15, -0.1) is 0 Å². The van der Waals surface area contributed by atoms with Gasteiger partial charge >= 0.3 is 0 Å². The van der Waals surface area contributed by atoms with Crippen LogP contribution in [0.4, 0.5) is 0 Å². The van der Waals surface area contributed by atoms with E-state index in [1.165, 1.54) is 5.56 Å². The zero-order valence-corrected chi connectivity index (χ0v) is 9.90. The van der Waals surface area contributed by atoms with E-state index < -0.39 is 0 Å². The van der Waals surface area contributed by atoms with E-state index in [0.717, 1.165) is 19.5 Å². The van der Waals surface area contributed by atoms with Crippen molar-refractivity contribution in [1.29, 1.82) is 0 Å². The summed E-state index contributed by atoms with van der Waals surface area (Å²) in [5.41, 5.74) is 1.30. The van der Waals surface area contributed by atoms with Crippen LogP contribution in [-0.2, 0) is 6.42 Å². The first-order chi connectivity index (χ1) is 7.22. The molecule has 0 radical (unpaired) electrons. The van der Waals surface area contributed by atoms with E-state index in [1.54, 1.807) is 0 Å². The number of likely N-dealkylation sites (N-methyl/N-ethyl adjacent to an activating group) is 2. The predicted molar refractivity (Wildman–Crippen MR) is 64.0 cm³/mol. The van der Waals surface area contributed by atoms with Crippen LogP contribution in [0.15, 0.2) is 24.5 Å². The van der Waals surface area contributed by atoms with E-state index in [2.05, 4.69) is 42.3 Å². The van der Waals surface area contributed by atoms with Crippen molar-refractivity contribution in [2.45, 2.75) is 19.4 Å². The normalized spacial score (nSPS) is 13.1. The van der Waals surface area contributed by atoms with Crippen LogP contribution in [0.2, 0.25) is 0 Å². The smallest absolute Gasteiger partial charge is 0.0300 e. The molecule has 0 saturated heterocycles. The second kappa shape index (κ2) is 6.53. The van der Waals surface area contributed by atoms with E-state index in [1.807, 2.05) is 18.5 Å². The first kappa shape index (κ1) is 12.1. The van der Waals surface area contributed by atoms with Crippen LogP contribution in [0.3, 0.4) is 0 Å². The Balaban J connectivity index is 2.50. The molecular formula is C12H21N3. The minimum absolute atomic E-state index is 0.509. The average Bonchev–Trinajstić information content (AvgIpc) is 2.18. The van der Waals surface area contributed by atoms with Crippen molar-refractivity contribution in [2.75, 3.05) is 27.2 Å². The molecule has 1 heterocycles. The maximum atomic E-state index is 4.14. The molecule has 1 aromatic rings. The third kappa shape index (κ3) is 4.91. The summed E-state index contributed by atoms with van der Waals surface area (Å²) in [5, 5.41) is 3.49. The Hall–Kier alpha value is -0.930. The largest absolute Gasteiger partial charge is 0.313 e. The molecule has 1 atom stereocenters. The van der Waals surface area contributed by atoms with Gasteiger partial charge in [0, 0.05) is 25.0 Å². The number of hydrogen-bond donors (Lipinski definition) is 1. The highest BCUT2D eigenvalue weighted by Crippen LogP contribution is 2.02. The molecule has 3 nitrogen and oxygen atoms in total. The second-order valence-corrected chi connectivity index (χ2v) is 4.08. The van der Waals surface area contributed by atoms with Crippen LogP contribution >= 0.6 is 0 Å². The third-order valence-electron chi connectivity index (χ3n) is 2.28. The van der Waals surface area contributed by atoms with E-state index in [-0.39, 0.29) is 0 Å². The monoisotopic (exact) mass is 207 g/mol. The predicted octanol–water partition coefficient (Wildman–Crippen LogP) is 1.16. The second-order valence-electron chi connectivity index (χ2n) is 4.08. The van der Waals surface area contributed by atoms with E-state index in [4.69, 9.17) is 0 Å². The molecule has 0 aliphatic carbocycles. The zero-order chi connectivity index (χ0) is 11.1. The Bertz CT molecular complexity index is 259. The fourth-order valence-corrected chi connectivity index (χ4v) is 1.73. The molecule has 0 aliphatic rings. The molecular weight excluding hydrogens is 186 g/mol. The molecule has 0 fully saturated rings. The highest BCUT2D eigenvalue weighted by Gasteiger charge is 2.09. The minimum Gasteiger partial charge on any atom is -0.313 e. The van der Waals surface area contributed by atoms with Gasteiger partial charge in [0.05, 0.1) is 0 Å². The maximum Gasteiger partial charge on any atom is 0.0300 e. The summed E-state index contributed by atoms with van der Waals surface area (Å²) in [5.74, 6) is 0. The quantitative estimate of drug-likeness (QED) is 0.759. The molecule has 0 aliphatic heterocycles. The molecule has 0 aromatic carbocycles. The molecule has 1 unspecified atom stereocenters. The first-order valence-electron chi connectivity index (χ1n) is 5.49. The van der Waals surface area contributed by atoms with Gasteiger partial charge in [-0.2, -0.15) is 0 Å². The van der Waals surface area contributed by atoms with Gasteiger partial charge in [0.2, 0.25) is 0 Å². The van der Waals surface area contributed by atoms with Crippen LogP contribution in [-0.4, -0.2) is 43.1 Å². The molecule has 0 bridgehead atoms. The number of nitrogens with zero attached hydrogens (tertiary/aromatic N) is 2. The Morgan fingerprint density at radius 3 is 2.80 bits per heavy atom. The topological polar surface area (TPSA) is 28.2 Å². The van der Waals surface area contributed by atoms with Gasteiger partial charge in [-0.1, -0.05) is 13.0 Å². The maximum absolute atomic E-state index is 4.14. The highest BCUT2D eigenvalue weighted by molar-refractivity contribution is 5.10. The van der Waals surface area contributed by atoms with Crippen LogP contribution in [0, 0.1) is 0 Å². The summed E-state index contributed by atoms with van der Waals surface area (Å²) in [6.45, 7) is 4.22. The summed E-state index contributed by atoms with van der Waals surface area (Å²) in [4.78, 5) is 6.35. The molecule has 1 rings (SSSR count). The summed E-state index contributed by atoms with van der Waals surface area (Å²) in [6, 6.07) is 4.63. The molecule has 15 heavy (non-hydrogen) atoms. The van der Waals surface area contributed by atoms with Gasteiger partial charge in [0.25, 0.3) is 0 Å². The summed E-state index contributed by atoms with van der Waals surface area (Å²) < 4.78 is 0. The van der Waals surface area contributed by atoms with E-state index in [9.17, 15) is 0 Å². The molecule has 0 amide bonds. The van der Waals surface area contributed by atoms with Crippen LogP contribution in [0.25, 0.3) is 0 Å². The molecule has 0 saturated carbocycles. The van der Waals surface area contributed by atoms with E-state index in [0.29, 0.717) is 6.04 Å². The zero-order valence-electron chi connectivity index (χ0n) is 9.90. The lowest BCUT2D eigenvalue weighted by Gasteiger charge is -2.21. The van der Waals surface area contributed by atoms with Crippen molar-refractivity contribution >= 4 is 0 Å².